The Hall–Kier alpha value is -3.10. The summed E-state index contributed by atoms with van der Waals surface area (Å²) in [5.41, 5.74) is 4.40. The Balaban J connectivity index is 1.06. The van der Waals surface area contributed by atoms with E-state index in [0.29, 0.717) is 29.1 Å². The monoisotopic (exact) mass is 486 g/mol. The summed E-state index contributed by atoms with van der Waals surface area (Å²) < 4.78 is 7.22. The Labute approximate surface area is 212 Å². The van der Waals surface area contributed by atoms with E-state index < -0.39 is 0 Å². The van der Waals surface area contributed by atoms with Crippen LogP contribution in [0.5, 0.6) is 0 Å². The van der Waals surface area contributed by atoms with Crippen molar-refractivity contribution < 1.29 is 9.53 Å². The average molecular weight is 487 g/mol. The van der Waals surface area contributed by atoms with E-state index in [9.17, 15) is 4.79 Å². The molecule has 3 aliphatic rings. The molecule has 0 radical (unpaired) electrons. The van der Waals surface area contributed by atoms with Crippen molar-refractivity contribution in [2.45, 2.75) is 63.3 Å². The van der Waals surface area contributed by atoms with Gasteiger partial charge in [0.15, 0.2) is 5.82 Å². The minimum absolute atomic E-state index is 0.186. The average Bonchev–Trinajstić information content (AvgIpc) is 3.71. The molecule has 8 heteroatoms. The van der Waals surface area contributed by atoms with E-state index in [1.54, 1.807) is 17.1 Å². The maximum atomic E-state index is 13.0. The second kappa shape index (κ2) is 10.1. The number of morpholine rings is 1. The Kier molecular flexibility index (Phi) is 6.54. The zero-order valence-electron chi connectivity index (χ0n) is 20.9. The topological polar surface area (TPSA) is 85.2 Å². The Morgan fingerprint density at radius 2 is 1.69 bits per heavy atom. The van der Waals surface area contributed by atoms with Gasteiger partial charge < -0.3 is 10.1 Å². The molecule has 3 fully saturated rings. The van der Waals surface area contributed by atoms with Gasteiger partial charge in [-0.15, -0.1) is 0 Å². The molecule has 3 aromatic rings. The van der Waals surface area contributed by atoms with E-state index in [-0.39, 0.29) is 5.91 Å². The molecule has 3 aromatic heterocycles. The van der Waals surface area contributed by atoms with Crippen molar-refractivity contribution in [2.75, 3.05) is 31.6 Å². The van der Waals surface area contributed by atoms with Crippen LogP contribution in [0.3, 0.4) is 0 Å². The number of nitrogens with zero attached hydrogens (tertiary/aromatic N) is 5. The highest BCUT2D eigenvalue weighted by Gasteiger charge is 2.28. The van der Waals surface area contributed by atoms with Gasteiger partial charge in [-0.05, 0) is 75.1 Å². The molecule has 4 heterocycles. The Bertz CT molecular complexity index is 1190. The number of aromatic nitrogens is 4. The van der Waals surface area contributed by atoms with E-state index in [1.807, 2.05) is 25.3 Å². The van der Waals surface area contributed by atoms with Crippen LogP contribution in [0, 0.1) is 6.92 Å². The first-order valence-electron chi connectivity index (χ1n) is 13.3. The summed E-state index contributed by atoms with van der Waals surface area (Å²) >= 11 is 0. The van der Waals surface area contributed by atoms with Crippen LogP contribution in [0.1, 0.15) is 77.7 Å². The molecule has 188 valence electrons. The number of ether oxygens (including phenoxy) is 1. The lowest BCUT2D eigenvalue weighted by Crippen LogP contribution is -2.44. The van der Waals surface area contributed by atoms with Gasteiger partial charge in [0.05, 0.1) is 42.6 Å². The van der Waals surface area contributed by atoms with Crippen LogP contribution in [0.25, 0.3) is 5.82 Å². The third-order valence-corrected chi connectivity index (χ3v) is 8.01. The van der Waals surface area contributed by atoms with Crippen LogP contribution in [0.4, 0.5) is 5.69 Å². The Morgan fingerprint density at radius 1 is 0.917 bits per heavy atom. The maximum absolute atomic E-state index is 13.0. The van der Waals surface area contributed by atoms with Crippen molar-refractivity contribution in [3.05, 3.63) is 65.4 Å². The molecule has 0 unspecified atom stereocenters. The molecular formula is C28H34N6O2. The first-order chi connectivity index (χ1) is 17.7. The molecular weight excluding hydrogens is 452 g/mol. The molecule has 36 heavy (non-hydrogen) atoms. The number of carbonyl (C=O) groups is 1. The second-order valence-corrected chi connectivity index (χ2v) is 10.4. The largest absolute Gasteiger partial charge is 0.379 e. The van der Waals surface area contributed by atoms with Gasteiger partial charge in [0.1, 0.15) is 0 Å². The molecule has 1 saturated heterocycles. The van der Waals surface area contributed by atoms with Gasteiger partial charge >= 0.3 is 0 Å². The SMILES string of the molecule is Cc1c(C(=O)Nc2ccc([C@H]3CC[C@H](N4CCOCC4)CC3)nc2)cnn1-c1ccc(C2CC2)cn1. The zero-order valence-corrected chi connectivity index (χ0v) is 20.9. The third-order valence-electron chi connectivity index (χ3n) is 8.01. The lowest BCUT2D eigenvalue weighted by molar-refractivity contribution is 0.00721. The van der Waals surface area contributed by atoms with Crippen LogP contribution >= 0.6 is 0 Å². The molecule has 6 rings (SSSR count). The number of hydrogen-bond donors (Lipinski definition) is 1. The minimum atomic E-state index is -0.186. The minimum Gasteiger partial charge on any atom is -0.379 e. The molecule has 2 saturated carbocycles. The van der Waals surface area contributed by atoms with E-state index in [1.165, 1.54) is 31.2 Å². The van der Waals surface area contributed by atoms with Crippen molar-refractivity contribution in [1.29, 1.82) is 0 Å². The van der Waals surface area contributed by atoms with Gasteiger partial charge in [-0.3, -0.25) is 14.7 Å². The van der Waals surface area contributed by atoms with E-state index in [2.05, 4.69) is 32.4 Å². The molecule has 0 spiro atoms. The van der Waals surface area contributed by atoms with Crippen LogP contribution in [-0.2, 0) is 4.74 Å². The zero-order chi connectivity index (χ0) is 24.5. The molecule has 0 atom stereocenters. The van der Waals surface area contributed by atoms with Gasteiger partial charge in [-0.1, -0.05) is 6.07 Å². The lowest BCUT2D eigenvalue weighted by Gasteiger charge is -2.38. The molecule has 0 aromatic carbocycles. The summed E-state index contributed by atoms with van der Waals surface area (Å²) in [6.07, 6.45) is 12.6. The summed E-state index contributed by atoms with van der Waals surface area (Å²) in [4.78, 5) is 24.8. The summed E-state index contributed by atoms with van der Waals surface area (Å²) in [7, 11) is 0. The van der Waals surface area contributed by atoms with E-state index in [0.717, 1.165) is 56.4 Å². The van der Waals surface area contributed by atoms with Crippen LogP contribution in [0.15, 0.2) is 42.9 Å². The number of anilines is 1. The smallest absolute Gasteiger partial charge is 0.259 e. The number of pyridine rings is 2. The quantitative estimate of drug-likeness (QED) is 0.554. The Morgan fingerprint density at radius 3 is 2.36 bits per heavy atom. The fraction of sp³-hybridized carbons (Fsp3) is 0.500. The molecule has 1 amide bonds. The summed E-state index contributed by atoms with van der Waals surface area (Å²) in [5.74, 6) is 1.70. The van der Waals surface area contributed by atoms with Crippen LogP contribution in [0.2, 0.25) is 0 Å². The summed E-state index contributed by atoms with van der Waals surface area (Å²) in [6.45, 7) is 5.73. The standard InChI is InChI=1S/C28H34N6O2/c1-19-25(18-31-34(19)27-11-6-22(16-30-27)20-2-3-20)28(35)32-23-7-10-26(29-17-23)21-4-8-24(9-5-21)33-12-14-36-15-13-33/h6-7,10-11,16-18,20-21,24H,2-5,8-9,12-15H2,1H3,(H,32,35)/t21-,24-. The predicted octanol–water partition coefficient (Wildman–Crippen LogP) is 4.46. The highest BCUT2D eigenvalue weighted by Crippen LogP contribution is 2.39. The number of hydrogen-bond acceptors (Lipinski definition) is 6. The molecule has 0 bridgehead atoms. The summed E-state index contributed by atoms with van der Waals surface area (Å²) in [6, 6.07) is 8.80. The van der Waals surface area contributed by atoms with Gasteiger partial charge in [0, 0.05) is 36.9 Å². The van der Waals surface area contributed by atoms with Crippen LogP contribution < -0.4 is 5.32 Å². The fourth-order valence-corrected chi connectivity index (χ4v) is 5.64. The maximum Gasteiger partial charge on any atom is 0.259 e. The predicted molar refractivity (Wildman–Crippen MR) is 138 cm³/mol. The number of carbonyl (C=O) groups excluding carboxylic acids is 1. The highest BCUT2D eigenvalue weighted by atomic mass is 16.5. The second-order valence-electron chi connectivity index (χ2n) is 10.4. The van der Waals surface area contributed by atoms with Gasteiger partial charge in [0.2, 0.25) is 0 Å². The van der Waals surface area contributed by atoms with Crippen molar-refractivity contribution in [3.63, 3.8) is 0 Å². The first-order valence-corrected chi connectivity index (χ1v) is 13.3. The fourth-order valence-electron chi connectivity index (χ4n) is 5.64. The summed E-state index contributed by atoms with van der Waals surface area (Å²) in [5, 5.41) is 7.40. The molecule has 8 nitrogen and oxygen atoms in total. The van der Waals surface area contributed by atoms with E-state index in [4.69, 9.17) is 9.72 Å². The first kappa shape index (κ1) is 23.3. The third kappa shape index (κ3) is 4.92. The van der Waals surface area contributed by atoms with Gasteiger partial charge in [-0.25, -0.2) is 9.67 Å². The highest BCUT2D eigenvalue weighted by molar-refractivity contribution is 6.04. The number of nitrogens with one attached hydrogen (secondary N) is 1. The molecule has 1 N–H and O–H groups in total. The normalized spacial score (nSPS) is 22.9. The molecule has 2 aliphatic carbocycles. The number of rotatable bonds is 6. The number of amides is 1. The van der Waals surface area contributed by atoms with Gasteiger partial charge in [0.25, 0.3) is 5.91 Å². The van der Waals surface area contributed by atoms with Gasteiger partial charge in [-0.2, -0.15) is 5.10 Å². The van der Waals surface area contributed by atoms with Crippen molar-refractivity contribution in [3.8, 4) is 5.82 Å². The van der Waals surface area contributed by atoms with Crippen molar-refractivity contribution in [1.82, 2.24) is 24.6 Å². The van der Waals surface area contributed by atoms with Crippen LogP contribution in [-0.4, -0.2) is 62.9 Å². The van der Waals surface area contributed by atoms with Crippen molar-refractivity contribution >= 4 is 11.6 Å². The van der Waals surface area contributed by atoms with Crippen molar-refractivity contribution in [2.24, 2.45) is 0 Å². The molecule has 1 aliphatic heterocycles. The lowest BCUT2D eigenvalue weighted by atomic mass is 9.83. The van der Waals surface area contributed by atoms with E-state index >= 15 is 0 Å².